The number of carbonyl (C=O) groups is 3. The molecule has 47 heavy (non-hydrogen) atoms. The van der Waals surface area contributed by atoms with Gasteiger partial charge in [-0.25, -0.2) is 13.2 Å². The Labute approximate surface area is 277 Å². The van der Waals surface area contributed by atoms with Crippen molar-refractivity contribution >= 4 is 33.6 Å². The van der Waals surface area contributed by atoms with Crippen molar-refractivity contribution in [3.05, 3.63) is 90.3 Å². The number of rotatable bonds is 16. The van der Waals surface area contributed by atoms with Crippen LogP contribution in [0.4, 0.5) is 10.5 Å². The fourth-order valence-electron chi connectivity index (χ4n) is 4.83. The van der Waals surface area contributed by atoms with Gasteiger partial charge in [-0.15, -0.1) is 0 Å². The Balaban J connectivity index is 1.82. The zero-order chi connectivity index (χ0) is 34.6. The van der Waals surface area contributed by atoms with Gasteiger partial charge in [0, 0.05) is 38.1 Å². The Morgan fingerprint density at radius 3 is 2.09 bits per heavy atom. The maximum absolute atomic E-state index is 13.8. The van der Waals surface area contributed by atoms with Crippen molar-refractivity contribution in [2.75, 3.05) is 18.4 Å². The van der Waals surface area contributed by atoms with Gasteiger partial charge < -0.3 is 25.8 Å². The molecule has 3 rings (SSSR count). The Bertz CT molecular complexity index is 1550. The first-order chi connectivity index (χ1) is 22.3. The molecule has 0 saturated carbocycles. The molecule has 1 heterocycles. The van der Waals surface area contributed by atoms with Gasteiger partial charge in [0.25, 0.3) is 0 Å². The molecule has 3 amide bonds. The van der Waals surface area contributed by atoms with Crippen molar-refractivity contribution < 1.29 is 32.6 Å². The number of amides is 3. The van der Waals surface area contributed by atoms with Crippen LogP contribution in [0.1, 0.15) is 45.7 Å². The monoisotopic (exact) mass is 667 g/mol. The maximum Gasteiger partial charge on any atom is 0.408 e. The van der Waals surface area contributed by atoms with Gasteiger partial charge in [-0.3, -0.25) is 14.6 Å². The Morgan fingerprint density at radius 2 is 1.51 bits per heavy atom. The van der Waals surface area contributed by atoms with E-state index in [2.05, 4.69) is 20.9 Å². The molecule has 13 heteroatoms. The summed E-state index contributed by atoms with van der Waals surface area (Å²) < 4.78 is 34.1. The summed E-state index contributed by atoms with van der Waals surface area (Å²) in [7, 11) is -4.08. The third kappa shape index (κ3) is 11.8. The van der Waals surface area contributed by atoms with Gasteiger partial charge in [0.2, 0.25) is 21.8 Å². The molecule has 254 valence electrons. The number of aliphatic hydroxyl groups excluding tert-OH is 1. The summed E-state index contributed by atoms with van der Waals surface area (Å²) >= 11 is 0. The number of aliphatic hydroxyl groups is 1. The van der Waals surface area contributed by atoms with Crippen molar-refractivity contribution in [2.45, 2.75) is 70.7 Å². The minimum Gasteiger partial charge on any atom is -0.445 e. The first-order valence-electron chi connectivity index (χ1n) is 15.5. The molecule has 0 spiro atoms. The summed E-state index contributed by atoms with van der Waals surface area (Å²) in [6.07, 6.45) is 1.26. The summed E-state index contributed by atoms with van der Waals surface area (Å²) in [6.45, 7) is 8.42. The summed E-state index contributed by atoms with van der Waals surface area (Å²) in [5.41, 5.74) is 2.00. The highest BCUT2D eigenvalue weighted by molar-refractivity contribution is 7.89. The Kier molecular flexibility index (Phi) is 13.9. The van der Waals surface area contributed by atoms with Gasteiger partial charge in [0.15, 0.2) is 0 Å². The van der Waals surface area contributed by atoms with E-state index in [1.807, 2.05) is 44.2 Å². The highest BCUT2D eigenvalue weighted by Gasteiger charge is 2.33. The van der Waals surface area contributed by atoms with Gasteiger partial charge in [0.05, 0.1) is 17.0 Å². The molecule has 0 bridgehead atoms. The first kappa shape index (κ1) is 37.1. The molecular weight excluding hydrogens is 622 g/mol. The van der Waals surface area contributed by atoms with Crippen molar-refractivity contribution in [2.24, 2.45) is 11.8 Å². The number of alkyl carbamates (subject to hydrolysis) is 1. The van der Waals surface area contributed by atoms with Crippen LogP contribution < -0.4 is 16.0 Å². The zero-order valence-electron chi connectivity index (χ0n) is 27.4. The second-order valence-electron chi connectivity index (χ2n) is 12.1. The molecule has 12 nitrogen and oxygen atoms in total. The van der Waals surface area contributed by atoms with Gasteiger partial charge in [-0.1, -0.05) is 58.0 Å². The van der Waals surface area contributed by atoms with Crippen LogP contribution in [0, 0.1) is 11.8 Å². The fourth-order valence-corrected chi connectivity index (χ4v) is 6.45. The number of ether oxygens (including phenoxy) is 1. The summed E-state index contributed by atoms with van der Waals surface area (Å²) in [5, 5.41) is 19.7. The highest BCUT2D eigenvalue weighted by Crippen LogP contribution is 2.21. The van der Waals surface area contributed by atoms with E-state index in [1.165, 1.54) is 35.5 Å². The lowest BCUT2D eigenvalue weighted by Gasteiger charge is -2.32. The van der Waals surface area contributed by atoms with Gasteiger partial charge in [-0.2, -0.15) is 4.31 Å². The number of aromatic nitrogens is 1. The molecule has 1 aromatic heterocycles. The number of nitrogens with one attached hydrogen (secondary N) is 3. The highest BCUT2D eigenvalue weighted by atomic mass is 32.2. The maximum atomic E-state index is 13.8. The van der Waals surface area contributed by atoms with E-state index in [4.69, 9.17) is 4.74 Å². The molecule has 3 atom stereocenters. The van der Waals surface area contributed by atoms with Crippen molar-refractivity contribution in [3.63, 3.8) is 0 Å². The molecule has 0 fully saturated rings. The van der Waals surface area contributed by atoms with Crippen molar-refractivity contribution in [1.82, 2.24) is 19.9 Å². The number of benzene rings is 2. The van der Waals surface area contributed by atoms with E-state index in [9.17, 15) is 27.9 Å². The minimum absolute atomic E-state index is 0.00236. The predicted molar refractivity (Wildman–Crippen MR) is 179 cm³/mol. The standard InChI is InChI=1S/C34H45N5O7S/c1-23(2)20-39(47(44,45)29-13-11-28(12-14-29)36-25(5)40)21-31(41)30(19-26-9-7-6-8-10-26)37-33(42)32(24(3)4)38-34(43)46-22-27-15-17-35-18-16-27/h6-18,23-24,30-32,41H,19-22H2,1-5H3,(H,36,40)(H,37,42)(H,38,43)/t30-,31+,32-/m0/s1. The number of anilines is 1. The summed E-state index contributed by atoms with van der Waals surface area (Å²) in [6, 6.07) is 16.5. The molecule has 0 saturated heterocycles. The Hall–Kier alpha value is -4.33. The first-order valence-corrected chi connectivity index (χ1v) is 16.9. The van der Waals surface area contributed by atoms with Crippen LogP contribution in [-0.4, -0.2) is 72.0 Å². The topological polar surface area (TPSA) is 167 Å². The number of nitrogens with zero attached hydrogens (tertiary/aromatic N) is 2. The van der Waals surface area contributed by atoms with Crippen LogP contribution in [0.15, 0.2) is 84.0 Å². The third-order valence-corrected chi connectivity index (χ3v) is 9.05. The van der Waals surface area contributed by atoms with Crippen LogP contribution in [0.2, 0.25) is 0 Å². The van der Waals surface area contributed by atoms with E-state index < -0.39 is 40.2 Å². The second kappa shape index (κ2) is 17.5. The van der Waals surface area contributed by atoms with E-state index in [1.54, 1.807) is 38.4 Å². The number of sulfonamides is 1. The lowest BCUT2D eigenvalue weighted by Crippen LogP contribution is -2.57. The molecule has 2 aromatic carbocycles. The smallest absolute Gasteiger partial charge is 0.408 e. The number of carbonyl (C=O) groups excluding carboxylic acids is 3. The zero-order valence-corrected chi connectivity index (χ0v) is 28.2. The second-order valence-corrected chi connectivity index (χ2v) is 14.0. The Morgan fingerprint density at radius 1 is 0.872 bits per heavy atom. The average Bonchev–Trinajstić information content (AvgIpc) is 3.02. The van der Waals surface area contributed by atoms with Crippen LogP contribution in [0.5, 0.6) is 0 Å². The molecule has 0 radical (unpaired) electrons. The summed E-state index contributed by atoms with van der Waals surface area (Å²) in [5.74, 6) is -1.25. The van der Waals surface area contributed by atoms with Crippen LogP contribution in [-0.2, 0) is 37.4 Å². The SMILES string of the molecule is CC(=O)Nc1ccc(S(=O)(=O)N(CC(C)C)C[C@@H](O)[C@H](Cc2ccccc2)NC(=O)[C@@H](NC(=O)OCc2ccncc2)C(C)C)cc1. The van der Waals surface area contributed by atoms with Crippen molar-refractivity contribution in [1.29, 1.82) is 0 Å². The lowest BCUT2D eigenvalue weighted by atomic mass is 9.98. The quantitative estimate of drug-likeness (QED) is 0.179. The van der Waals surface area contributed by atoms with E-state index in [-0.39, 0.29) is 48.8 Å². The van der Waals surface area contributed by atoms with Gasteiger partial charge in [0.1, 0.15) is 12.6 Å². The predicted octanol–water partition coefficient (Wildman–Crippen LogP) is 3.73. The van der Waals surface area contributed by atoms with E-state index in [0.717, 1.165) is 11.1 Å². The van der Waals surface area contributed by atoms with Crippen molar-refractivity contribution in [3.8, 4) is 0 Å². The van der Waals surface area contributed by atoms with Gasteiger partial charge in [-0.05, 0) is 65.8 Å². The normalized spacial score (nSPS) is 13.6. The molecule has 4 N–H and O–H groups in total. The molecular formula is C34H45N5O7S. The molecule has 0 aliphatic carbocycles. The molecule has 0 aliphatic heterocycles. The number of hydrogen-bond donors (Lipinski definition) is 4. The van der Waals surface area contributed by atoms with Crippen LogP contribution in [0.25, 0.3) is 0 Å². The number of hydrogen-bond acceptors (Lipinski definition) is 8. The minimum atomic E-state index is -4.08. The van der Waals surface area contributed by atoms with Gasteiger partial charge >= 0.3 is 6.09 Å². The molecule has 0 unspecified atom stereocenters. The third-order valence-electron chi connectivity index (χ3n) is 7.20. The summed E-state index contributed by atoms with van der Waals surface area (Å²) in [4.78, 5) is 41.6. The number of pyridine rings is 1. The molecule has 0 aliphatic rings. The van der Waals surface area contributed by atoms with E-state index >= 15 is 0 Å². The van der Waals surface area contributed by atoms with Crippen LogP contribution in [0.3, 0.4) is 0 Å². The lowest BCUT2D eigenvalue weighted by molar-refractivity contribution is -0.125. The van der Waals surface area contributed by atoms with E-state index in [0.29, 0.717) is 5.69 Å². The molecule has 3 aromatic rings. The average molecular weight is 668 g/mol. The fraction of sp³-hybridized carbons (Fsp3) is 0.412. The van der Waals surface area contributed by atoms with Crippen LogP contribution >= 0.6 is 0 Å². The largest absolute Gasteiger partial charge is 0.445 e.